The average Bonchev–Trinajstić information content (AvgIpc) is 2.59. The van der Waals surface area contributed by atoms with Gasteiger partial charge in [-0.3, -0.25) is 0 Å². The Labute approximate surface area is 91.5 Å². The first-order chi connectivity index (χ1) is 6.79. The van der Waals surface area contributed by atoms with E-state index in [2.05, 4.69) is 37.5 Å². The maximum atomic E-state index is 3.57. The molecular formula is C12H21NS. The van der Waals surface area contributed by atoms with Crippen LogP contribution in [0, 0.1) is 6.92 Å². The molecule has 1 aromatic rings. The van der Waals surface area contributed by atoms with Gasteiger partial charge in [0.25, 0.3) is 0 Å². The van der Waals surface area contributed by atoms with Crippen LogP contribution in [0.15, 0.2) is 11.4 Å². The topological polar surface area (TPSA) is 12.0 Å². The number of hydrogen-bond donors (Lipinski definition) is 1. The van der Waals surface area contributed by atoms with Crippen LogP contribution < -0.4 is 5.32 Å². The van der Waals surface area contributed by atoms with Gasteiger partial charge in [-0.1, -0.05) is 26.7 Å². The zero-order chi connectivity index (χ0) is 10.4. The van der Waals surface area contributed by atoms with Gasteiger partial charge in [0.05, 0.1) is 0 Å². The number of rotatable bonds is 6. The minimum Gasteiger partial charge on any atom is -0.310 e. The highest BCUT2D eigenvalue weighted by molar-refractivity contribution is 7.10. The third kappa shape index (κ3) is 3.10. The van der Waals surface area contributed by atoms with Gasteiger partial charge in [0.2, 0.25) is 0 Å². The predicted molar refractivity (Wildman–Crippen MR) is 65.0 cm³/mol. The third-order valence-corrected chi connectivity index (χ3v) is 3.65. The first-order valence-corrected chi connectivity index (χ1v) is 6.44. The largest absolute Gasteiger partial charge is 0.310 e. The summed E-state index contributed by atoms with van der Waals surface area (Å²) in [5.74, 6) is 0. The van der Waals surface area contributed by atoms with Gasteiger partial charge in [0.1, 0.15) is 0 Å². The van der Waals surface area contributed by atoms with Gasteiger partial charge in [-0.2, -0.15) is 0 Å². The Kier molecular flexibility index (Phi) is 5.20. The molecule has 1 heterocycles. The van der Waals surface area contributed by atoms with Gasteiger partial charge in [-0.15, -0.1) is 11.3 Å². The lowest BCUT2D eigenvalue weighted by molar-refractivity contribution is 0.500. The monoisotopic (exact) mass is 211 g/mol. The molecule has 0 bridgehead atoms. The second kappa shape index (κ2) is 6.20. The predicted octanol–water partition coefficient (Wildman–Crippen LogP) is 3.90. The summed E-state index contributed by atoms with van der Waals surface area (Å²) in [6.45, 7) is 7.71. The van der Waals surface area contributed by atoms with Crippen molar-refractivity contribution in [2.24, 2.45) is 0 Å². The molecule has 0 spiro atoms. The molecule has 2 heteroatoms. The summed E-state index contributed by atoms with van der Waals surface area (Å²) in [7, 11) is 0. The molecule has 1 N–H and O–H groups in total. The Morgan fingerprint density at radius 1 is 1.43 bits per heavy atom. The highest BCUT2D eigenvalue weighted by Crippen LogP contribution is 2.27. The van der Waals surface area contributed by atoms with E-state index in [0.29, 0.717) is 6.04 Å². The van der Waals surface area contributed by atoms with Crippen molar-refractivity contribution in [3.63, 3.8) is 0 Å². The number of unbranched alkanes of at least 4 members (excludes halogenated alkanes) is 1. The van der Waals surface area contributed by atoms with Gasteiger partial charge < -0.3 is 5.32 Å². The highest BCUT2D eigenvalue weighted by Gasteiger charge is 2.12. The second-order valence-corrected chi connectivity index (χ2v) is 4.67. The molecule has 1 unspecified atom stereocenters. The summed E-state index contributed by atoms with van der Waals surface area (Å²) < 4.78 is 0. The number of thiophene rings is 1. The zero-order valence-electron chi connectivity index (χ0n) is 9.47. The molecule has 1 nitrogen and oxygen atoms in total. The maximum absolute atomic E-state index is 3.57. The van der Waals surface area contributed by atoms with Crippen molar-refractivity contribution < 1.29 is 0 Å². The Morgan fingerprint density at radius 2 is 2.21 bits per heavy atom. The van der Waals surface area contributed by atoms with Gasteiger partial charge in [0.15, 0.2) is 0 Å². The van der Waals surface area contributed by atoms with Crippen LogP contribution in [0.3, 0.4) is 0 Å². The zero-order valence-corrected chi connectivity index (χ0v) is 10.3. The fourth-order valence-electron chi connectivity index (χ4n) is 1.72. The van der Waals surface area contributed by atoms with E-state index in [1.807, 2.05) is 11.3 Å². The van der Waals surface area contributed by atoms with Gasteiger partial charge >= 0.3 is 0 Å². The minimum absolute atomic E-state index is 0.583. The SMILES string of the molecule is CCCCC(NCC)c1sccc1C. The molecule has 0 saturated heterocycles. The third-order valence-electron chi connectivity index (χ3n) is 2.52. The van der Waals surface area contributed by atoms with Crippen molar-refractivity contribution in [2.45, 2.75) is 46.1 Å². The molecule has 80 valence electrons. The fourth-order valence-corrected chi connectivity index (χ4v) is 2.76. The van der Waals surface area contributed by atoms with Crippen LogP contribution in [0.1, 0.15) is 49.6 Å². The Bertz CT molecular complexity index is 255. The quantitative estimate of drug-likeness (QED) is 0.752. The van der Waals surface area contributed by atoms with Gasteiger partial charge in [-0.25, -0.2) is 0 Å². The van der Waals surface area contributed by atoms with Crippen LogP contribution >= 0.6 is 11.3 Å². The van der Waals surface area contributed by atoms with Crippen molar-refractivity contribution >= 4 is 11.3 Å². The van der Waals surface area contributed by atoms with Crippen LogP contribution in [-0.2, 0) is 0 Å². The van der Waals surface area contributed by atoms with Crippen molar-refractivity contribution in [3.05, 3.63) is 21.9 Å². The van der Waals surface area contributed by atoms with E-state index >= 15 is 0 Å². The van der Waals surface area contributed by atoms with Crippen molar-refractivity contribution in [3.8, 4) is 0 Å². The normalized spacial score (nSPS) is 13.1. The van der Waals surface area contributed by atoms with Crippen LogP contribution in [-0.4, -0.2) is 6.54 Å². The van der Waals surface area contributed by atoms with E-state index in [-0.39, 0.29) is 0 Å². The van der Waals surface area contributed by atoms with E-state index in [1.54, 1.807) is 0 Å². The molecule has 14 heavy (non-hydrogen) atoms. The number of hydrogen-bond acceptors (Lipinski definition) is 2. The molecule has 0 fully saturated rings. The van der Waals surface area contributed by atoms with Crippen molar-refractivity contribution in [2.75, 3.05) is 6.54 Å². The lowest BCUT2D eigenvalue weighted by Crippen LogP contribution is -2.20. The highest BCUT2D eigenvalue weighted by atomic mass is 32.1. The molecule has 1 aromatic heterocycles. The molecule has 0 amide bonds. The molecule has 0 saturated carbocycles. The molecule has 0 aromatic carbocycles. The lowest BCUT2D eigenvalue weighted by Gasteiger charge is -2.17. The molecular weight excluding hydrogens is 190 g/mol. The molecule has 0 aliphatic carbocycles. The maximum Gasteiger partial charge on any atom is 0.0417 e. The summed E-state index contributed by atoms with van der Waals surface area (Å²) in [5, 5.41) is 5.77. The van der Waals surface area contributed by atoms with Crippen LogP contribution in [0.2, 0.25) is 0 Å². The summed E-state index contributed by atoms with van der Waals surface area (Å²) in [6, 6.07) is 2.80. The van der Waals surface area contributed by atoms with Crippen molar-refractivity contribution in [1.82, 2.24) is 5.32 Å². The standard InChI is InChI=1S/C12H21NS/c1-4-6-7-11(13-5-2)12-10(3)8-9-14-12/h8-9,11,13H,4-7H2,1-3H3. The van der Waals surface area contributed by atoms with Crippen LogP contribution in [0.4, 0.5) is 0 Å². The van der Waals surface area contributed by atoms with Gasteiger partial charge in [0, 0.05) is 10.9 Å². The lowest BCUT2D eigenvalue weighted by atomic mass is 10.1. The van der Waals surface area contributed by atoms with E-state index < -0.39 is 0 Å². The fraction of sp³-hybridized carbons (Fsp3) is 0.667. The van der Waals surface area contributed by atoms with Crippen molar-refractivity contribution in [1.29, 1.82) is 0 Å². The summed E-state index contributed by atoms with van der Waals surface area (Å²) in [6.07, 6.45) is 3.87. The molecule has 1 atom stereocenters. The summed E-state index contributed by atoms with van der Waals surface area (Å²) in [4.78, 5) is 1.53. The summed E-state index contributed by atoms with van der Waals surface area (Å²) in [5.41, 5.74) is 1.44. The molecule has 0 radical (unpaired) electrons. The first kappa shape index (κ1) is 11.7. The van der Waals surface area contributed by atoms with E-state index in [1.165, 1.54) is 29.7 Å². The average molecular weight is 211 g/mol. The Balaban J connectivity index is 2.62. The van der Waals surface area contributed by atoms with E-state index in [0.717, 1.165) is 6.54 Å². The van der Waals surface area contributed by atoms with E-state index in [4.69, 9.17) is 0 Å². The van der Waals surface area contributed by atoms with E-state index in [9.17, 15) is 0 Å². The molecule has 0 aliphatic heterocycles. The first-order valence-electron chi connectivity index (χ1n) is 5.57. The van der Waals surface area contributed by atoms with Crippen LogP contribution in [0.25, 0.3) is 0 Å². The Hall–Kier alpha value is -0.340. The van der Waals surface area contributed by atoms with Gasteiger partial charge in [-0.05, 0) is 36.9 Å². The number of aryl methyl sites for hydroxylation is 1. The molecule has 1 rings (SSSR count). The smallest absolute Gasteiger partial charge is 0.0417 e. The second-order valence-electron chi connectivity index (χ2n) is 3.72. The number of nitrogens with one attached hydrogen (secondary N) is 1. The summed E-state index contributed by atoms with van der Waals surface area (Å²) >= 11 is 1.89. The van der Waals surface area contributed by atoms with Crippen LogP contribution in [0.5, 0.6) is 0 Å². The minimum atomic E-state index is 0.583. The Morgan fingerprint density at radius 3 is 2.71 bits per heavy atom. The molecule has 0 aliphatic rings.